The second kappa shape index (κ2) is 12.3. The molecule has 0 fully saturated rings. The Bertz CT molecular complexity index is 1320. The van der Waals surface area contributed by atoms with E-state index in [9.17, 15) is 9.59 Å². The van der Waals surface area contributed by atoms with E-state index in [4.69, 9.17) is 9.47 Å². The normalized spacial score (nSPS) is 11.2. The molecule has 0 spiro atoms. The van der Waals surface area contributed by atoms with Crippen LogP contribution >= 0.6 is 0 Å². The number of ether oxygens (including phenoxy) is 2. The fraction of sp³-hybridized carbons (Fsp3) is 0.250. The standard InChI is InChI=1S/C32H34N2O4/c1-5-25-21(3)29(31(35)37-19-23-13-9-7-10-14-23)33-27(25)17-18-28-26(6-2)22(4)30(34-28)32(36)38-20-24-15-11-8-12-16-24/h7-18,33-34H,5-6,19-20H2,1-4H3/b18-17+. The number of hydrogen-bond acceptors (Lipinski definition) is 4. The minimum atomic E-state index is -0.380. The van der Waals surface area contributed by atoms with Crippen molar-refractivity contribution in [1.29, 1.82) is 0 Å². The average Bonchev–Trinajstić information content (AvgIpc) is 3.45. The largest absolute Gasteiger partial charge is 0.456 e. The van der Waals surface area contributed by atoms with E-state index in [0.29, 0.717) is 11.4 Å². The van der Waals surface area contributed by atoms with Gasteiger partial charge in [-0.1, -0.05) is 74.5 Å². The van der Waals surface area contributed by atoms with Crippen molar-refractivity contribution in [2.45, 2.75) is 53.8 Å². The number of H-pyrrole nitrogens is 2. The van der Waals surface area contributed by atoms with Gasteiger partial charge in [-0.3, -0.25) is 0 Å². The van der Waals surface area contributed by atoms with Gasteiger partial charge >= 0.3 is 11.9 Å². The predicted octanol–water partition coefficient (Wildman–Crippen LogP) is 6.97. The van der Waals surface area contributed by atoms with Crippen LogP contribution in [0.4, 0.5) is 0 Å². The van der Waals surface area contributed by atoms with E-state index >= 15 is 0 Å². The summed E-state index contributed by atoms with van der Waals surface area (Å²) in [6.07, 6.45) is 5.41. The number of benzene rings is 2. The highest BCUT2D eigenvalue weighted by atomic mass is 16.5. The van der Waals surface area contributed by atoms with Crippen LogP contribution in [-0.4, -0.2) is 21.9 Å². The monoisotopic (exact) mass is 510 g/mol. The lowest BCUT2D eigenvalue weighted by molar-refractivity contribution is 0.0457. The van der Waals surface area contributed by atoms with Gasteiger partial charge in [0.25, 0.3) is 0 Å². The van der Waals surface area contributed by atoms with Gasteiger partial charge in [-0.25, -0.2) is 9.59 Å². The first-order valence-corrected chi connectivity index (χ1v) is 13.0. The fourth-order valence-corrected chi connectivity index (χ4v) is 4.67. The molecular formula is C32H34N2O4. The Morgan fingerprint density at radius 3 is 1.37 bits per heavy atom. The highest BCUT2D eigenvalue weighted by Crippen LogP contribution is 2.25. The molecule has 196 valence electrons. The Labute approximate surface area is 223 Å². The lowest BCUT2D eigenvalue weighted by atomic mass is 10.1. The van der Waals surface area contributed by atoms with Gasteiger partial charge in [0.15, 0.2) is 0 Å². The molecule has 6 heteroatoms. The van der Waals surface area contributed by atoms with Crippen LogP contribution < -0.4 is 0 Å². The van der Waals surface area contributed by atoms with Gasteiger partial charge in [-0.2, -0.15) is 0 Å². The number of nitrogens with one attached hydrogen (secondary N) is 2. The molecule has 6 nitrogen and oxygen atoms in total. The van der Waals surface area contributed by atoms with Crippen LogP contribution in [-0.2, 0) is 35.5 Å². The summed E-state index contributed by atoms with van der Waals surface area (Å²) < 4.78 is 11.1. The average molecular weight is 511 g/mol. The van der Waals surface area contributed by atoms with Crippen molar-refractivity contribution < 1.29 is 19.1 Å². The summed E-state index contributed by atoms with van der Waals surface area (Å²) >= 11 is 0. The molecule has 0 aliphatic heterocycles. The molecule has 0 amide bonds. The van der Waals surface area contributed by atoms with E-state index in [-0.39, 0.29) is 25.2 Å². The molecule has 2 aromatic heterocycles. The quantitative estimate of drug-likeness (QED) is 0.226. The predicted molar refractivity (Wildman–Crippen MR) is 150 cm³/mol. The molecule has 2 N–H and O–H groups in total. The number of carbonyl (C=O) groups excluding carboxylic acids is 2. The molecule has 0 saturated heterocycles. The van der Waals surface area contributed by atoms with Crippen molar-refractivity contribution in [2.24, 2.45) is 0 Å². The van der Waals surface area contributed by atoms with Gasteiger partial charge < -0.3 is 19.4 Å². The SMILES string of the molecule is CCc1c(/C=C/c2[nH]c(C(=O)OCc3ccccc3)c(C)c2CC)[nH]c(C(=O)OCc2ccccc2)c1C. The molecule has 0 radical (unpaired) electrons. The zero-order valence-electron chi connectivity index (χ0n) is 22.4. The van der Waals surface area contributed by atoms with Crippen LogP contribution in [0.3, 0.4) is 0 Å². The molecule has 0 bridgehead atoms. The maximum Gasteiger partial charge on any atom is 0.355 e. The van der Waals surface area contributed by atoms with Crippen LogP contribution in [0.1, 0.15) is 79.6 Å². The first-order valence-electron chi connectivity index (χ1n) is 13.0. The number of rotatable bonds is 10. The fourth-order valence-electron chi connectivity index (χ4n) is 4.67. The highest BCUT2D eigenvalue weighted by Gasteiger charge is 2.20. The minimum absolute atomic E-state index is 0.218. The van der Waals surface area contributed by atoms with Crippen molar-refractivity contribution in [3.8, 4) is 0 Å². The topological polar surface area (TPSA) is 84.2 Å². The molecule has 2 heterocycles. The molecule has 0 atom stereocenters. The lowest BCUT2D eigenvalue weighted by Gasteiger charge is -2.04. The van der Waals surface area contributed by atoms with Gasteiger partial charge in [-0.05, 0) is 72.2 Å². The summed E-state index contributed by atoms with van der Waals surface area (Å²) in [5.74, 6) is -0.761. The van der Waals surface area contributed by atoms with E-state index in [1.54, 1.807) is 0 Å². The number of aromatic nitrogens is 2. The Morgan fingerprint density at radius 1 is 0.658 bits per heavy atom. The van der Waals surface area contributed by atoms with Crippen molar-refractivity contribution >= 4 is 24.1 Å². The Balaban J connectivity index is 1.53. The summed E-state index contributed by atoms with van der Waals surface area (Å²) in [5.41, 5.74) is 8.36. The van der Waals surface area contributed by atoms with E-state index in [1.807, 2.05) is 86.7 Å². The first-order chi connectivity index (χ1) is 18.4. The maximum atomic E-state index is 12.8. The summed E-state index contributed by atoms with van der Waals surface area (Å²) in [6, 6.07) is 19.2. The van der Waals surface area contributed by atoms with E-state index in [2.05, 4.69) is 23.8 Å². The Morgan fingerprint density at radius 2 is 1.03 bits per heavy atom. The number of carbonyl (C=O) groups is 2. The third-order valence-electron chi connectivity index (χ3n) is 6.78. The molecule has 2 aromatic carbocycles. The molecule has 0 unspecified atom stereocenters. The molecule has 38 heavy (non-hydrogen) atoms. The third-order valence-corrected chi connectivity index (χ3v) is 6.78. The second-order valence-corrected chi connectivity index (χ2v) is 9.20. The van der Waals surface area contributed by atoms with Crippen molar-refractivity contribution in [3.05, 3.63) is 117 Å². The summed E-state index contributed by atoms with van der Waals surface area (Å²) in [7, 11) is 0. The second-order valence-electron chi connectivity index (χ2n) is 9.20. The zero-order valence-corrected chi connectivity index (χ0v) is 22.4. The molecule has 0 aliphatic rings. The Hall–Kier alpha value is -4.32. The lowest BCUT2D eigenvalue weighted by Crippen LogP contribution is -2.07. The van der Waals surface area contributed by atoms with Gasteiger partial charge in [0.2, 0.25) is 0 Å². The highest BCUT2D eigenvalue weighted by molar-refractivity contribution is 5.92. The van der Waals surface area contributed by atoms with Crippen LogP contribution in [0.5, 0.6) is 0 Å². The van der Waals surface area contributed by atoms with Gasteiger partial charge in [0.05, 0.1) is 0 Å². The molecule has 4 rings (SSSR count). The van der Waals surface area contributed by atoms with E-state index in [1.165, 1.54) is 0 Å². The summed E-state index contributed by atoms with van der Waals surface area (Å²) in [5, 5.41) is 0. The molecule has 0 aliphatic carbocycles. The van der Waals surface area contributed by atoms with E-state index in [0.717, 1.165) is 57.6 Å². The minimum Gasteiger partial charge on any atom is -0.456 e. The zero-order chi connectivity index (χ0) is 27.1. The number of esters is 2. The smallest absolute Gasteiger partial charge is 0.355 e. The van der Waals surface area contributed by atoms with Gasteiger partial charge in [0.1, 0.15) is 24.6 Å². The number of aromatic amines is 2. The molecule has 0 saturated carbocycles. The summed E-state index contributed by atoms with van der Waals surface area (Å²) in [6.45, 7) is 8.42. The summed E-state index contributed by atoms with van der Waals surface area (Å²) in [4.78, 5) is 32.2. The van der Waals surface area contributed by atoms with Crippen molar-refractivity contribution in [3.63, 3.8) is 0 Å². The number of hydrogen-bond donors (Lipinski definition) is 2. The van der Waals surface area contributed by atoms with Crippen molar-refractivity contribution in [1.82, 2.24) is 9.97 Å². The van der Waals surface area contributed by atoms with Crippen LogP contribution in [0.15, 0.2) is 60.7 Å². The molecule has 4 aromatic rings. The van der Waals surface area contributed by atoms with Crippen LogP contribution in [0, 0.1) is 13.8 Å². The third kappa shape index (κ3) is 5.97. The van der Waals surface area contributed by atoms with Gasteiger partial charge in [0, 0.05) is 11.4 Å². The van der Waals surface area contributed by atoms with Crippen molar-refractivity contribution in [2.75, 3.05) is 0 Å². The first kappa shape index (κ1) is 26.7. The molecular weight excluding hydrogens is 476 g/mol. The van der Waals surface area contributed by atoms with Crippen LogP contribution in [0.2, 0.25) is 0 Å². The van der Waals surface area contributed by atoms with Crippen LogP contribution in [0.25, 0.3) is 12.2 Å². The Kier molecular flexibility index (Phi) is 8.64. The maximum absolute atomic E-state index is 12.8. The van der Waals surface area contributed by atoms with Gasteiger partial charge in [-0.15, -0.1) is 0 Å². The van der Waals surface area contributed by atoms with E-state index < -0.39 is 0 Å².